The van der Waals surface area contributed by atoms with Crippen molar-refractivity contribution in [1.29, 1.82) is 0 Å². The lowest BCUT2D eigenvalue weighted by Crippen LogP contribution is -2.32. The van der Waals surface area contributed by atoms with E-state index in [9.17, 15) is 0 Å². The lowest BCUT2D eigenvalue weighted by molar-refractivity contribution is 0.424. The summed E-state index contributed by atoms with van der Waals surface area (Å²) in [7, 11) is -1.56. The first-order valence-corrected chi connectivity index (χ1v) is 41.2. The maximum Gasteiger partial charge on any atom is 0.508 e. The standard InChI is InChI=1S/C54H32N4.C42H25BrN2.C12H9BN2O2/c1-2-12-36(13-3-1)57-49-19-9-8-18-42(49)46-30-37(24-27-51(46)57)58-50-26-23-35(48-25-22-34-21-20-33-11-10-28-55-53(33)54(34)56-48)29-45(50)47-31-43-40-16-6-4-14-38(40)39-15-5-7-17-41(39)44(43)32-52(47)58;43-26-18-20-40-36(22-26)38-24-34-31-14-6-4-12-29(31)30-13-5-7-15-32(30)35(34)25-42(38)45(40)28-19-21-41-37(23-28)33-16-8-9-17-39(33)44(41)27-10-2-1-3-11-27;16-13(17)10-6-5-9-4-3-8-2-1-7-14-11(8)12(9)15-10/h1-32H;1-25H;1-7,16-17H. The van der Waals surface area contributed by atoms with Gasteiger partial charge in [0.15, 0.2) is 0 Å². The van der Waals surface area contributed by atoms with Gasteiger partial charge in [-0.3, -0.25) is 15.0 Å². The van der Waals surface area contributed by atoms with Crippen LogP contribution in [0.4, 0.5) is 0 Å². The maximum atomic E-state index is 9.13. The lowest BCUT2D eigenvalue weighted by Gasteiger charge is -2.13. The first-order valence-electron chi connectivity index (χ1n) is 40.4. The monoisotopic (exact) mass is 1600 g/mol. The topological polar surface area (TPSA) is 112 Å². The Morgan fingerprint density at radius 1 is 0.217 bits per heavy atom. The molecule has 0 atom stereocenters. The second-order valence-electron chi connectivity index (χ2n) is 31.1. The van der Waals surface area contributed by atoms with E-state index >= 15 is 0 Å². The molecule has 0 saturated heterocycles. The van der Waals surface area contributed by atoms with Crippen molar-refractivity contribution in [3.05, 3.63) is 393 Å². The average molecular weight is 1600 g/mol. The number of hydrogen-bond donors (Lipinski definition) is 2. The molecule has 10 nitrogen and oxygen atoms in total. The number of nitrogens with zero attached hydrogens (tertiary/aromatic N) is 8. The predicted octanol–water partition coefficient (Wildman–Crippen LogP) is 26.7. The fourth-order valence-electron chi connectivity index (χ4n) is 19.2. The number of benzene rings is 18. The minimum Gasteiger partial charge on any atom is -0.422 e. The van der Waals surface area contributed by atoms with Gasteiger partial charge in [-0.05, 0) is 216 Å². The van der Waals surface area contributed by atoms with Gasteiger partial charge in [0, 0.05) is 110 Å². The fraction of sp³-hybridized carbons (Fsp3) is 0. The highest BCUT2D eigenvalue weighted by Gasteiger charge is 2.24. The molecule has 560 valence electrons. The Hall–Kier alpha value is -15.2. The van der Waals surface area contributed by atoms with Crippen LogP contribution >= 0.6 is 15.9 Å². The zero-order valence-electron chi connectivity index (χ0n) is 64.4. The molecule has 2 N–H and O–H groups in total. The van der Waals surface area contributed by atoms with Crippen molar-refractivity contribution in [2.24, 2.45) is 0 Å². The van der Waals surface area contributed by atoms with Crippen LogP contribution in [0.5, 0.6) is 0 Å². The quantitative estimate of drug-likeness (QED) is 0.127. The van der Waals surface area contributed by atoms with Crippen LogP contribution in [0.1, 0.15) is 0 Å². The summed E-state index contributed by atoms with van der Waals surface area (Å²) in [5.74, 6) is 0. The SMILES string of the molecule is Brc1ccc2c(c1)c1cc3c4ccccc4c4ccccc4c3cc1n2-c1ccc2c(c1)c1ccccc1n2-c1ccccc1.OB(O)c1ccc2ccc3cccnc3c2n1.c1ccc(-n2c3ccccc3c3cc(-n4c5ccc(-c6ccc7ccc8cccnc8c7n6)cc5c5cc6c7ccccc7c7ccccc7c6cc54)ccc32)cc1. The summed E-state index contributed by atoms with van der Waals surface area (Å²) in [5, 5.41) is 47.5. The van der Waals surface area contributed by atoms with E-state index in [1.807, 2.05) is 42.6 Å². The lowest BCUT2D eigenvalue weighted by atomic mass is 9.85. The molecule has 8 heterocycles. The van der Waals surface area contributed by atoms with Gasteiger partial charge in [-0.1, -0.05) is 240 Å². The number of para-hydroxylation sites is 4. The zero-order valence-corrected chi connectivity index (χ0v) is 66.0. The molecule has 26 rings (SSSR count). The molecule has 0 unspecified atom stereocenters. The Balaban J connectivity index is 0.000000116. The molecule has 0 spiro atoms. The van der Waals surface area contributed by atoms with E-state index in [-0.39, 0.29) is 5.59 Å². The molecule has 26 aromatic rings. The summed E-state index contributed by atoms with van der Waals surface area (Å²) >= 11 is 3.78. The summed E-state index contributed by atoms with van der Waals surface area (Å²) in [4.78, 5) is 18.5. The summed E-state index contributed by atoms with van der Waals surface area (Å²) in [5.41, 5.74) is 19.7. The molecule has 120 heavy (non-hydrogen) atoms. The Morgan fingerprint density at radius 3 is 1.01 bits per heavy atom. The zero-order chi connectivity index (χ0) is 79.4. The number of halogens is 1. The third-order valence-corrected chi connectivity index (χ3v) is 25.0. The first kappa shape index (κ1) is 69.2. The van der Waals surface area contributed by atoms with E-state index in [1.165, 1.54) is 152 Å². The van der Waals surface area contributed by atoms with Crippen LogP contribution < -0.4 is 5.59 Å². The summed E-state index contributed by atoms with van der Waals surface area (Å²) in [6.07, 6.45) is 3.55. The molecule has 8 aromatic heterocycles. The third kappa shape index (κ3) is 10.9. The van der Waals surface area contributed by atoms with Gasteiger partial charge in [0.1, 0.15) is 0 Å². The van der Waals surface area contributed by atoms with Crippen LogP contribution in [-0.2, 0) is 0 Å². The third-order valence-electron chi connectivity index (χ3n) is 24.5. The molecule has 0 aliphatic rings. The molecule has 0 fully saturated rings. The van der Waals surface area contributed by atoms with Crippen molar-refractivity contribution in [3.8, 4) is 34.0 Å². The van der Waals surface area contributed by atoms with Gasteiger partial charge in [0.05, 0.1) is 77.5 Å². The van der Waals surface area contributed by atoms with Gasteiger partial charge in [-0.2, -0.15) is 0 Å². The molecular formula is C108H66BBrN8O2. The minimum absolute atomic E-state index is 0.232. The highest BCUT2D eigenvalue weighted by molar-refractivity contribution is 9.10. The van der Waals surface area contributed by atoms with E-state index in [4.69, 9.17) is 20.0 Å². The van der Waals surface area contributed by atoms with Crippen molar-refractivity contribution in [2.75, 3.05) is 0 Å². The highest BCUT2D eigenvalue weighted by atomic mass is 79.9. The van der Waals surface area contributed by atoms with Crippen molar-refractivity contribution in [1.82, 2.24) is 38.2 Å². The van der Waals surface area contributed by atoms with Gasteiger partial charge in [-0.15, -0.1) is 0 Å². The summed E-state index contributed by atoms with van der Waals surface area (Å²) in [6, 6.07) is 135. The second kappa shape index (κ2) is 27.5. The number of hydrogen-bond acceptors (Lipinski definition) is 6. The number of pyridine rings is 4. The van der Waals surface area contributed by atoms with Gasteiger partial charge >= 0.3 is 7.12 Å². The van der Waals surface area contributed by atoms with Crippen LogP contribution in [0.3, 0.4) is 0 Å². The van der Waals surface area contributed by atoms with E-state index in [0.29, 0.717) is 5.52 Å². The number of rotatable bonds is 6. The molecule has 0 bridgehead atoms. The minimum atomic E-state index is -1.56. The molecule has 12 heteroatoms. The second-order valence-corrected chi connectivity index (χ2v) is 32.0. The molecule has 0 radical (unpaired) electrons. The van der Waals surface area contributed by atoms with Crippen LogP contribution in [0, 0.1) is 0 Å². The maximum absolute atomic E-state index is 9.13. The molecule has 0 amide bonds. The van der Waals surface area contributed by atoms with E-state index in [0.717, 1.165) is 76.4 Å². The largest absolute Gasteiger partial charge is 0.508 e. The number of fused-ring (bicyclic) bond motifs is 30. The predicted molar refractivity (Wildman–Crippen MR) is 506 cm³/mol. The van der Waals surface area contributed by atoms with Crippen molar-refractivity contribution >= 4 is 224 Å². The van der Waals surface area contributed by atoms with Crippen molar-refractivity contribution in [2.45, 2.75) is 0 Å². The first-order chi connectivity index (χ1) is 59.3. The summed E-state index contributed by atoms with van der Waals surface area (Å²) in [6.45, 7) is 0. The van der Waals surface area contributed by atoms with Crippen LogP contribution in [0.2, 0.25) is 0 Å². The summed E-state index contributed by atoms with van der Waals surface area (Å²) < 4.78 is 10.8. The smallest absolute Gasteiger partial charge is 0.422 e. The van der Waals surface area contributed by atoms with Crippen molar-refractivity contribution < 1.29 is 10.0 Å². The normalized spacial score (nSPS) is 12.0. The Morgan fingerprint density at radius 2 is 0.550 bits per heavy atom. The number of aromatic nitrogens is 8. The Bertz CT molecular complexity index is 8820. The molecule has 0 aliphatic carbocycles. The molecule has 18 aromatic carbocycles. The van der Waals surface area contributed by atoms with E-state index in [1.54, 1.807) is 12.3 Å². The average Bonchev–Trinajstić information content (AvgIpc) is 1.50. The Labute approximate surface area is 694 Å². The molecule has 0 aliphatic heterocycles. The van der Waals surface area contributed by atoms with E-state index < -0.39 is 7.12 Å². The highest BCUT2D eigenvalue weighted by Crippen LogP contribution is 2.47. The van der Waals surface area contributed by atoms with Crippen LogP contribution in [-0.4, -0.2) is 55.4 Å². The van der Waals surface area contributed by atoms with Gasteiger partial charge in [0.25, 0.3) is 0 Å². The van der Waals surface area contributed by atoms with Crippen molar-refractivity contribution in [3.63, 3.8) is 0 Å². The fourth-order valence-corrected chi connectivity index (χ4v) is 19.6. The molecule has 0 saturated carbocycles. The Kier molecular flexibility index (Phi) is 15.8. The van der Waals surface area contributed by atoms with Crippen LogP contribution in [0.25, 0.3) is 229 Å². The van der Waals surface area contributed by atoms with Crippen LogP contribution in [0.15, 0.2) is 393 Å². The van der Waals surface area contributed by atoms with Gasteiger partial charge < -0.3 is 28.3 Å². The van der Waals surface area contributed by atoms with Gasteiger partial charge in [0.2, 0.25) is 0 Å². The molecular weight excluding hydrogens is 1530 g/mol. The van der Waals surface area contributed by atoms with Gasteiger partial charge in [-0.25, -0.2) is 4.98 Å². The van der Waals surface area contributed by atoms with E-state index in [2.05, 4.69) is 378 Å².